The van der Waals surface area contributed by atoms with Crippen molar-refractivity contribution in [3.05, 3.63) is 58.2 Å². The first-order valence-electron chi connectivity index (χ1n) is 15.3. The molecule has 1 unspecified atom stereocenters. The molecule has 2 aliphatic heterocycles. The van der Waals surface area contributed by atoms with Crippen LogP contribution in [0.5, 0.6) is 0 Å². The average molecular weight is 587 g/mol. The quantitative estimate of drug-likeness (QED) is 0.349. The molecule has 0 saturated carbocycles. The third-order valence-electron chi connectivity index (χ3n) is 8.87. The predicted molar refractivity (Wildman–Crippen MR) is 172 cm³/mol. The Morgan fingerprint density at radius 3 is 2.37 bits per heavy atom. The van der Waals surface area contributed by atoms with E-state index in [-0.39, 0.29) is 5.41 Å². The molecule has 1 atom stereocenters. The number of fused-ring (bicyclic) bond motifs is 1. The van der Waals surface area contributed by atoms with E-state index in [9.17, 15) is 9.90 Å². The van der Waals surface area contributed by atoms with Crippen LogP contribution in [0, 0.1) is 26.2 Å². The number of carbonyl (C=O) groups is 1. The number of benzene rings is 1. The zero-order chi connectivity index (χ0) is 31.3. The van der Waals surface area contributed by atoms with E-state index in [2.05, 4.69) is 51.8 Å². The highest BCUT2D eigenvalue weighted by Crippen LogP contribution is 2.45. The van der Waals surface area contributed by atoms with Gasteiger partial charge in [-0.1, -0.05) is 32.0 Å². The Balaban J connectivity index is 1.62. The van der Waals surface area contributed by atoms with Crippen LogP contribution < -0.4 is 15.5 Å². The van der Waals surface area contributed by atoms with Gasteiger partial charge in [0, 0.05) is 54.3 Å². The number of aliphatic carboxylic acids is 1. The molecule has 0 amide bonds. The Hall–Kier alpha value is -3.72. The highest BCUT2D eigenvalue weighted by atomic mass is 16.5. The lowest BCUT2D eigenvalue weighted by Gasteiger charge is -2.41. The molecule has 230 valence electrons. The number of aryl methyl sites for hydroxylation is 2. The van der Waals surface area contributed by atoms with Crippen molar-refractivity contribution in [2.45, 2.75) is 92.9 Å². The van der Waals surface area contributed by atoms with Crippen LogP contribution in [-0.2, 0) is 22.5 Å². The van der Waals surface area contributed by atoms with Gasteiger partial charge in [0.15, 0.2) is 6.10 Å². The van der Waals surface area contributed by atoms with Gasteiger partial charge in [0.25, 0.3) is 0 Å². The Labute approximate surface area is 255 Å². The number of ether oxygens (including phenoxy) is 1. The van der Waals surface area contributed by atoms with E-state index in [0.717, 1.165) is 79.3 Å². The molecule has 43 heavy (non-hydrogen) atoms. The first-order valence-corrected chi connectivity index (χ1v) is 15.3. The van der Waals surface area contributed by atoms with Gasteiger partial charge in [-0.3, -0.25) is 4.98 Å². The van der Waals surface area contributed by atoms with Crippen LogP contribution >= 0.6 is 0 Å². The maximum atomic E-state index is 12.8. The normalized spacial score (nSPS) is 17.5. The van der Waals surface area contributed by atoms with Crippen molar-refractivity contribution in [3.8, 4) is 11.1 Å². The zero-order valence-electron chi connectivity index (χ0n) is 26.9. The number of rotatable bonds is 6. The van der Waals surface area contributed by atoms with Crippen LogP contribution in [0.2, 0.25) is 0 Å². The highest BCUT2D eigenvalue weighted by molar-refractivity contribution is 5.88. The third-order valence-corrected chi connectivity index (χ3v) is 8.87. The number of hydrogen-bond acceptors (Lipinski definition) is 8. The summed E-state index contributed by atoms with van der Waals surface area (Å²) in [5, 5.41) is 10.5. The lowest BCUT2D eigenvalue weighted by molar-refractivity contribution is -0.160. The molecule has 1 fully saturated rings. The molecule has 9 heteroatoms. The van der Waals surface area contributed by atoms with Crippen molar-refractivity contribution >= 4 is 23.3 Å². The number of anilines is 3. The van der Waals surface area contributed by atoms with Crippen LogP contribution in [-0.4, -0.2) is 51.3 Å². The molecule has 0 spiro atoms. The summed E-state index contributed by atoms with van der Waals surface area (Å²) in [5.74, 6) is 0.381. The molecule has 2 aromatic heterocycles. The molecule has 0 aliphatic carbocycles. The number of aromatic nitrogens is 3. The molecule has 2 aliphatic rings. The Bertz CT molecular complexity index is 1530. The molecule has 1 aromatic carbocycles. The number of carboxylic acid groups (broad SMARTS) is 1. The van der Waals surface area contributed by atoms with Crippen LogP contribution in [0.15, 0.2) is 24.5 Å². The van der Waals surface area contributed by atoms with Gasteiger partial charge < -0.3 is 25.4 Å². The number of pyridine rings is 1. The van der Waals surface area contributed by atoms with E-state index in [1.54, 1.807) is 0 Å². The van der Waals surface area contributed by atoms with Crippen molar-refractivity contribution < 1.29 is 14.6 Å². The number of nitrogens with two attached hydrogens (primary N) is 1. The lowest BCUT2D eigenvalue weighted by Crippen LogP contribution is -2.39. The second kappa shape index (κ2) is 11.4. The summed E-state index contributed by atoms with van der Waals surface area (Å²) >= 11 is 0. The number of hydrogen-bond donors (Lipinski definition) is 2. The minimum absolute atomic E-state index is 0.243. The van der Waals surface area contributed by atoms with Crippen LogP contribution in [0.25, 0.3) is 11.1 Å². The number of nitrogens with zero attached hydrogens (tertiary/aromatic N) is 5. The number of nitrogen functional groups attached to an aromatic ring is 1. The average Bonchev–Trinajstić information content (AvgIpc) is 2.92. The van der Waals surface area contributed by atoms with Gasteiger partial charge in [-0.05, 0) is 82.9 Å². The second-order valence-corrected chi connectivity index (χ2v) is 13.9. The molecule has 0 radical (unpaired) electrons. The van der Waals surface area contributed by atoms with Gasteiger partial charge in [0.1, 0.15) is 18.0 Å². The minimum Gasteiger partial charge on any atom is -0.479 e. The third kappa shape index (κ3) is 6.32. The largest absolute Gasteiger partial charge is 0.479 e. The predicted octanol–water partition coefficient (Wildman–Crippen LogP) is 6.18. The van der Waals surface area contributed by atoms with Crippen molar-refractivity contribution in [2.75, 3.05) is 35.2 Å². The zero-order valence-corrected chi connectivity index (χ0v) is 26.9. The monoisotopic (exact) mass is 586 g/mol. The molecule has 9 nitrogen and oxygen atoms in total. The van der Waals surface area contributed by atoms with Gasteiger partial charge in [-0.15, -0.1) is 0 Å². The van der Waals surface area contributed by atoms with E-state index < -0.39 is 17.7 Å². The van der Waals surface area contributed by atoms with E-state index in [4.69, 9.17) is 15.5 Å². The van der Waals surface area contributed by atoms with Gasteiger partial charge in [-0.2, -0.15) is 0 Å². The molecule has 5 rings (SSSR count). The molecule has 1 saturated heterocycles. The molecular weight excluding hydrogens is 540 g/mol. The lowest BCUT2D eigenvalue weighted by atomic mass is 9.81. The molecule has 0 bridgehead atoms. The van der Waals surface area contributed by atoms with Crippen LogP contribution in [0.3, 0.4) is 0 Å². The standard InChI is InChI=1S/C34H46N6O3/c1-20-30(35)36-19-37-31(20)40-14-11-23-17-24(9-10-25(23)18-40)26-21(2)38-22(3)27(29(32(41)42)43-33(4,5)6)28(26)39-15-12-34(7,8)13-16-39/h9-10,17,19,29H,11-16,18H2,1-8H3,(H,41,42)(H2,35,36,37). The fourth-order valence-corrected chi connectivity index (χ4v) is 6.42. The van der Waals surface area contributed by atoms with E-state index in [1.807, 2.05) is 41.5 Å². The number of piperidine rings is 1. The summed E-state index contributed by atoms with van der Waals surface area (Å²) in [7, 11) is 0. The fraction of sp³-hybridized carbons (Fsp3) is 0.529. The van der Waals surface area contributed by atoms with E-state index in [1.165, 1.54) is 17.5 Å². The van der Waals surface area contributed by atoms with Gasteiger partial charge in [-0.25, -0.2) is 14.8 Å². The first kappa shape index (κ1) is 30.7. The molecule has 4 heterocycles. The van der Waals surface area contributed by atoms with Crippen LogP contribution in [0.1, 0.15) is 87.2 Å². The SMILES string of the molecule is Cc1nc(C)c(C(OC(C)(C)C)C(=O)O)c(N2CCC(C)(C)CC2)c1-c1ccc2c(c1)CCN(c1ncnc(N)c1C)C2. The highest BCUT2D eigenvalue weighted by Gasteiger charge is 2.36. The summed E-state index contributed by atoms with van der Waals surface area (Å²) in [4.78, 5) is 31.0. The molecular formula is C34H46N6O3. The van der Waals surface area contributed by atoms with E-state index in [0.29, 0.717) is 17.1 Å². The minimum atomic E-state index is -1.13. The van der Waals surface area contributed by atoms with E-state index >= 15 is 0 Å². The maximum absolute atomic E-state index is 12.8. The van der Waals surface area contributed by atoms with Crippen molar-refractivity contribution in [2.24, 2.45) is 5.41 Å². The van der Waals surface area contributed by atoms with Gasteiger partial charge in [0.05, 0.1) is 11.3 Å². The fourth-order valence-electron chi connectivity index (χ4n) is 6.42. The topological polar surface area (TPSA) is 118 Å². The summed E-state index contributed by atoms with van der Waals surface area (Å²) < 4.78 is 6.24. The molecule has 3 aromatic rings. The van der Waals surface area contributed by atoms with Gasteiger partial charge in [0.2, 0.25) is 0 Å². The summed E-state index contributed by atoms with van der Waals surface area (Å²) in [6.07, 6.45) is 3.30. The Morgan fingerprint density at radius 1 is 1.02 bits per heavy atom. The number of carboxylic acids is 1. The Kier molecular flexibility index (Phi) is 8.15. The summed E-state index contributed by atoms with van der Waals surface area (Å²) in [6.45, 7) is 19.5. The summed E-state index contributed by atoms with van der Waals surface area (Å²) in [5.41, 5.74) is 14.3. The smallest absolute Gasteiger partial charge is 0.337 e. The first-order chi connectivity index (χ1) is 20.1. The van der Waals surface area contributed by atoms with Crippen LogP contribution in [0.4, 0.5) is 17.3 Å². The molecule has 3 N–H and O–H groups in total. The summed E-state index contributed by atoms with van der Waals surface area (Å²) in [6, 6.07) is 6.62. The van der Waals surface area contributed by atoms with Crippen molar-refractivity contribution in [3.63, 3.8) is 0 Å². The van der Waals surface area contributed by atoms with Crippen molar-refractivity contribution in [1.82, 2.24) is 15.0 Å². The Morgan fingerprint density at radius 2 is 1.72 bits per heavy atom. The maximum Gasteiger partial charge on any atom is 0.337 e. The van der Waals surface area contributed by atoms with Crippen molar-refractivity contribution in [1.29, 1.82) is 0 Å². The second-order valence-electron chi connectivity index (χ2n) is 13.9. The van der Waals surface area contributed by atoms with Gasteiger partial charge >= 0.3 is 5.97 Å².